The summed E-state index contributed by atoms with van der Waals surface area (Å²) < 4.78 is 7.10. The molecule has 3 nitrogen and oxygen atoms in total. The zero-order valence-corrected chi connectivity index (χ0v) is 14.3. The van der Waals surface area contributed by atoms with E-state index in [0.29, 0.717) is 18.1 Å². The molecule has 1 N–H and O–H groups in total. The molecule has 1 aliphatic heterocycles. The number of benzene rings is 1. The summed E-state index contributed by atoms with van der Waals surface area (Å²) in [5, 5.41) is 3.69. The van der Waals surface area contributed by atoms with Crippen molar-refractivity contribution in [2.75, 3.05) is 32.8 Å². The highest BCUT2D eigenvalue weighted by molar-refractivity contribution is 9.10. The molecule has 0 radical (unpaired) electrons. The SMILES string of the molecule is CCN1CCOC(CNC2CC(c3ccccc3Br)C2)C1. The van der Waals surface area contributed by atoms with E-state index in [9.17, 15) is 0 Å². The fraction of sp³-hybridized carbons (Fsp3) is 0.647. The quantitative estimate of drug-likeness (QED) is 0.881. The van der Waals surface area contributed by atoms with Crippen molar-refractivity contribution >= 4 is 15.9 Å². The zero-order valence-electron chi connectivity index (χ0n) is 12.7. The Bertz CT molecular complexity index is 462. The van der Waals surface area contributed by atoms with E-state index < -0.39 is 0 Å². The van der Waals surface area contributed by atoms with E-state index in [1.54, 1.807) is 0 Å². The first-order valence-corrected chi connectivity index (χ1v) is 8.87. The van der Waals surface area contributed by atoms with Gasteiger partial charge >= 0.3 is 0 Å². The molecule has 0 amide bonds. The Labute approximate surface area is 136 Å². The van der Waals surface area contributed by atoms with Crippen LogP contribution in [0.2, 0.25) is 0 Å². The molecule has 1 atom stereocenters. The number of rotatable bonds is 5. The molecule has 116 valence electrons. The Kier molecular flexibility index (Phi) is 5.33. The minimum Gasteiger partial charge on any atom is -0.374 e. The first kappa shape index (κ1) is 15.5. The number of nitrogens with zero attached hydrogens (tertiary/aromatic N) is 1. The number of likely N-dealkylation sites (N-methyl/N-ethyl adjacent to an activating group) is 1. The molecule has 0 bridgehead atoms. The Morgan fingerprint density at radius 3 is 2.90 bits per heavy atom. The van der Waals surface area contributed by atoms with Crippen molar-refractivity contribution in [3.63, 3.8) is 0 Å². The maximum absolute atomic E-state index is 5.85. The lowest BCUT2D eigenvalue weighted by Gasteiger charge is -2.39. The third-order valence-corrected chi connectivity index (χ3v) is 5.51. The second-order valence-electron chi connectivity index (χ2n) is 6.18. The number of nitrogens with one attached hydrogen (secondary N) is 1. The van der Waals surface area contributed by atoms with Gasteiger partial charge in [0.2, 0.25) is 0 Å². The smallest absolute Gasteiger partial charge is 0.0826 e. The number of ether oxygens (including phenoxy) is 1. The van der Waals surface area contributed by atoms with Crippen molar-refractivity contribution in [1.29, 1.82) is 0 Å². The molecule has 1 aliphatic carbocycles. The van der Waals surface area contributed by atoms with Crippen molar-refractivity contribution in [3.8, 4) is 0 Å². The Morgan fingerprint density at radius 1 is 1.33 bits per heavy atom. The van der Waals surface area contributed by atoms with Crippen LogP contribution in [0.5, 0.6) is 0 Å². The van der Waals surface area contributed by atoms with Crippen molar-refractivity contribution in [2.24, 2.45) is 0 Å². The largest absolute Gasteiger partial charge is 0.374 e. The molecule has 1 aromatic carbocycles. The van der Waals surface area contributed by atoms with Gasteiger partial charge in [-0.1, -0.05) is 41.1 Å². The van der Waals surface area contributed by atoms with Gasteiger partial charge in [-0.05, 0) is 36.9 Å². The summed E-state index contributed by atoms with van der Waals surface area (Å²) in [4.78, 5) is 2.47. The molecule has 1 aromatic rings. The standard InChI is InChI=1S/C17H25BrN2O/c1-2-20-7-8-21-15(12-20)11-19-14-9-13(10-14)16-5-3-4-6-17(16)18/h3-6,13-15,19H,2,7-12H2,1H3. The average Bonchev–Trinajstić information content (AvgIpc) is 2.47. The van der Waals surface area contributed by atoms with Crippen LogP contribution >= 0.6 is 15.9 Å². The zero-order chi connectivity index (χ0) is 14.7. The first-order valence-electron chi connectivity index (χ1n) is 8.08. The van der Waals surface area contributed by atoms with Gasteiger partial charge < -0.3 is 10.1 Å². The molecule has 3 rings (SSSR count). The van der Waals surface area contributed by atoms with Gasteiger partial charge in [0, 0.05) is 30.1 Å². The fourth-order valence-corrected chi connectivity index (χ4v) is 3.94. The molecule has 0 spiro atoms. The van der Waals surface area contributed by atoms with Crippen molar-refractivity contribution in [1.82, 2.24) is 10.2 Å². The van der Waals surface area contributed by atoms with Gasteiger partial charge in [-0.15, -0.1) is 0 Å². The van der Waals surface area contributed by atoms with Crippen molar-refractivity contribution < 1.29 is 4.74 Å². The molecule has 2 aliphatic rings. The molecular weight excluding hydrogens is 328 g/mol. The summed E-state index contributed by atoms with van der Waals surface area (Å²) in [6.07, 6.45) is 2.85. The predicted octanol–water partition coefficient (Wildman–Crippen LogP) is 3.01. The van der Waals surface area contributed by atoms with E-state index in [0.717, 1.165) is 32.8 Å². The molecule has 1 saturated carbocycles. The van der Waals surface area contributed by atoms with E-state index in [2.05, 4.69) is 57.3 Å². The van der Waals surface area contributed by atoms with Gasteiger partial charge in [-0.25, -0.2) is 0 Å². The maximum Gasteiger partial charge on any atom is 0.0826 e. The van der Waals surface area contributed by atoms with Crippen LogP contribution in [0.15, 0.2) is 28.7 Å². The van der Waals surface area contributed by atoms with Crippen LogP contribution in [0.3, 0.4) is 0 Å². The van der Waals surface area contributed by atoms with E-state index >= 15 is 0 Å². The summed E-state index contributed by atoms with van der Waals surface area (Å²) in [7, 11) is 0. The highest BCUT2D eigenvalue weighted by Gasteiger charge is 2.31. The number of hydrogen-bond acceptors (Lipinski definition) is 3. The molecule has 1 saturated heterocycles. The normalized spacial score (nSPS) is 30.1. The molecule has 21 heavy (non-hydrogen) atoms. The number of morpholine rings is 1. The third-order valence-electron chi connectivity index (χ3n) is 4.79. The number of halogens is 1. The lowest BCUT2D eigenvalue weighted by atomic mass is 9.76. The molecule has 4 heteroatoms. The van der Waals surface area contributed by atoms with Gasteiger partial charge in [-0.3, -0.25) is 4.90 Å². The van der Waals surface area contributed by atoms with Gasteiger partial charge in [0.05, 0.1) is 12.7 Å². The number of hydrogen-bond donors (Lipinski definition) is 1. The van der Waals surface area contributed by atoms with E-state index in [4.69, 9.17) is 4.74 Å². The van der Waals surface area contributed by atoms with E-state index in [1.807, 2.05) is 0 Å². The second kappa shape index (κ2) is 7.23. The van der Waals surface area contributed by atoms with Crippen LogP contribution in [0.25, 0.3) is 0 Å². The summed E-state index contributed by atoms with van der Waals surface area (Å²) in [6.45, 7) is 7.39. The van der Waals surface area contributed by atoms with Gasteiger partial charge in [0.25, 0.3) is 0 Å². The highest BCUT2D eigenvalue weighted by atomic mass is 79.9. The van der Waals surface area contributed by atoms with Crippen LogP contribution in [-0.4, -0.2) is 49.8 Å². The first-order chi connectivity index (χ1) is 10.3. The van der Waals surface area contributed by atoms with E-state index in [1.165, 1.54) is 22.9 Å². The van der Waals surface area contributed by atoms with Crippen LogP contribution in [0.1, 0.15) is 31.2 Å². The molecule has 2 fully saturated rings. The predicted molar refractivity (Wildman–Crippen MR) is 89.8 cm³/mol. The van der Waals surface area contributed by atoms with E-state index in [-0.39, 0.29) is 0 Å². The monoisotopic (exact) mass is 352 g/mol. The summed E-state index contributed by atoms with van der Waals surface area (Å²) in [6, 6.07) is 9.26. The maximum atomic E-state index is 5.85. The summed E-state index contributed by atoms with van der Waals surface area (Å²) in [5.41, 5.74) is 1.46. The summed E-state index contributed by atoms with van der Waals surface area (Å²) >= 11 is 3.66. The lowest BCUT2D eigenvalue weighted by Crippen LogP contribution is -2.50. The summed E-state index contributed by atoms with van der Waals surface area (Å²) in [5.74, 6) is 0.706. The Morgan fingerprint density at radius 2 is 2.14 bits per heavy atom. The minimum absolute atomic E-state index is 0.362. The van der Waals surface area contributed by atoms with Crippen LogP contribution in [0, 0.1) is 0 Å². The van der Waals surface area contributed by atoms with Crippen molar-refractivity contribution in [2.45, 2.75) is 37.8 Å². The lowest BCUT2D eigenvalue weighted by molar-refractivity contribution is -0.0277. The third kappa shape index (κ3) is 3.86. The van der Waals surface area contributed by atoms with Gasteiger partial charge in [-0.2, -0.15) is 0 Å². The highest BCUT2D eigenvalue weighted by Crippen LogP contribution is 2.39. The fourth-order valence-electron chi connectivity index (χ4n) is 3.33. The Balaban J connectivity index is 1.40. The van der Waals surface area contributed by atoms with Crippen LogP contribution in [-0.2, 0) is 4.74 Å². The van der Waals surface area contributed by atoms with Crippen LogP contribution in [0.4, 0.5) is 0 Å². The second-order valence-corrected chi connectivity index (χ2v) is 7.04. The topological polar surface area (TPSA) is 24.5 Å². The molecule has 1 unspecified atom stereocenters. The molecular formula is C17H25BrN2O. The minimum atomic E-state index is 0.362. The molecule has 1 heterocycles. The van der Waals surface area contributed by atoms with Crippen molar-refractivity contribution in [3.05, 3.63) is 34.3 Å². The molecule has 0 aromatic heterocycles. The van der Waals surface area contributed by atoms with Gasteiger partial charge in [0.1, 0.15) is 0 Å². The Hall–Kier alpha value is -0.420. The van der Waals surface area contributed by atoms with Crippen LogP contribution < -0.4 is 5.32 Å². The average molecular weight is 353 g/mol. The van der Waals surface area contributed by atoms with Gasteiger partial charge in [0.15, 0.2) is 0 Å².